The number of nitrogens with zero attached hydrogens (tertiary/aromatic N) is 6. The first-order valence-electron chi connectivity index (χ1n) is 9.37. The van der Waals surface area contributed by atoms with Gasteiger partial charge < -0.3 is 9.13 Å². The number of sulfonamides is 1. The molecule has 0 radical (unpaired) electrons. The quantitative estimate of drug-likeness (QED) is 0.811. The zero-order chi connectivity index (χ0) is 17.9. The van der Waals surface area contributed by atoms with Gasteiger partial charge in [0.05, 0.1) is 6.33 Å². The Bertz CT molecular complexity index is 923. The molecule has 2 aliphatic carbocycles. The maximum atomic E-state index is 13.1. The molecule has 0 aromatic carbocycles. The highest BCUT2D eigenvalue weighted by Crippen LogP contribution is 2.54. The van der Waals surface area contributed by atoms with Crippen LogP contribution in [0.1, 0.15) is 56.3 Å². The van der Waals surface area contributed by atoms with Crippen molar-refractivity contribution >= 4 is 10.0 Å². The molecule has 2 aromatic heterocycles. The standard InChI is InChI=1S/C17H24N6O2S/c1-21-9-15(18-11-21)26(24,25)22-8-14(17(10-22)6-2-3-7-17)16-20-19-12-23(16)13-4-5-13/h9,11-14H,2-8,10H2,1H3. The van der Waals surface area contributed by atoms with Crippen LogP contribution in [-0.4, -0.2) is 50.1 Å². The van der Waals surface area contributed by atoms with Crippen LogP contribution in [0.15, 0.2) is 23.9 Å². The first-order chi connectivity index (χ1) is 12.5. The molecule has 1 atom stereocenters. The first-order valence-corrected chi connectivity index (χ1v) is 10.8. The summed E-state index contributed by atoms with van der Waals surface area (Å²) in [6.07, 6.45) is 11.7. The van der Waals surface area contributed by atoms with Crippen molar-refractivity contribution in [3.63, 3.8) is 0 Å². The van der Waals surface area contributed by atoms with Gasteiger partial charge in [0.25, 0.3) is 10.0 Å². The van der Waals surface area contributed by atoms with Crippen molar-refractivity contribution in [1.29, 1.82) is 0 Å². The third-order valence-corrected chi connectivity index (χ3v) is 8.05. The molecule has 26 heavy (non-hydrogen) atoms. The Kier molecular flexibility index (Phi) is 3.56. The summed E-state index contributed by atoms with van der Waals surface area (Å²) in [5.74, 6) is 1.10. The minimum Gasteiger partial charge on any atom is -0.339 e. The van der Waals surface area contributed by atoms with Crippen molar-refractivity contribution < 1.29 is 8.42 Å². The predicted octanol–water partition coefficient (Wildman–Crippen LogP) is 1.69. The van der Waals surface area contributed by atoms with Crippen LogP contribution in [0, 0.1) is 5.41 Å². The van der Waals surface area contributed by atoms with Gasteiger partial charge >= 0.3 is 0 Å². The van der Waals surface area contributed by atoms with E-state index in [0.717, 1.165) is 31.5 Å². The van der Waals surface area contributed by atoms with E-state index in [-0.39, 0.29) is 16.4 Å². The fourth-order valence-corrected chi connectivity index (χ4v) is 6.35. The van der Waals surface area contributed by atoms with Crippen LogP contribution < -0.4 is 0 Å². The molecule has 0 amide bonds. The molecular weight excluding hydrogens is 352 g/mol. The molecule has 2 aromatic rings. The average Bonchev–Trinajstić information content (AvgIpc) is 3.07. The normalized spacial score (nSPS) is 26.1. The van der Waals surface area contributed by atoms with E-state index in [1.165, 1.54) is 19.2 Å². The van der Waals surface area contributed by atoms with Gasteiger partial charge in [-0.15, -0.1) is 10.2 Å². The van der Waals surface area contributed by atoms with Gasteiger partial charge in [0.1, 0.15) is 12.2 Å². The Balaban J connectivity index is 1.52. The van der Waals surface area contributed by atoms with E-state index in [1.54, 1.807) is 22.1 Å². The monoisotopic (exact) mass is 376 g/mol. The van der Waals surface area contributed by atoms with Crippen LogP contribution in [0.25, 0.3) is 0 Å². The van der Waals surface area contributed by atoms with Crippen molar-refractivity contribution in [3.05, 3.63) is 24.7 Å². The summed E-state index contributed by atoms with van der Waals surface area (Å²) in [5, 5.41) is 8.74. The van der Waals surface area contributed by atoms with E-state index in [9.17, 15) is 8.42 Å². The van der Waals surface area contributed by atoms with Crippen LogP contribution in [0.3, 0.4) is 0 Å². The van der Waals surface area contributed by atoms with E-state index >= 15 is 0 Å². The van der Waals surface area contributed by atoms with Gasteiger partial charge in [0, 0.05) is 38.3 Å². The molecule has 1 unspecified atom stereocenters. The Hall–Kier alpha value is -1.74. The maximum Gasteiger partial charge on any atom is 0.262 e. The summed E-state index contributed by atoms with van der Waals surface area (Å²) in [6, 6.07) is 0.500. The van der Waals surface area contributed by atoms with E-state index in [2.05, 4.69) is 19.7 Å². The second kappa shape index (κ2) is 5.63. The molecule has 1 saturated heterocycles. The number of rotatable bonds is 4. The number of imidazole rings is 1. The number of aryl methyl sites for hydroxylation is 1. The smallest absolute Gasteiger partial charge is 0.262 e. The highest BCUT2D eigenvalue weighted by Gasteiger charge is 2.54. The Morgan fingerprint density at radius 1 is 1.19 bits per heavy atom. The van der Waals surface area contributed by atoms with Gasteiger partial charge in [-0.1, -0.05) is 12.8 Å². The molecule has 1 aliphatic heterocycles. The minimum atomic E-state index is -3.58. The lowest BCUT2D eigenvalue weighted by Crippen LogP contribution is -2.31. The lowest BCUT2D eigenvalue weighted by molar-refractivity contribution is 0.272. The van der Waals surface area contributed by atoms with Crippen molar-refractivity contribution in [2.75, 3.05) is 13.1 Å². The first kappa shape index (κ1) is 16.4. The van der Waals surface area contributed by atoms with Gasteiger partial charge in [0.2, 0.25) is 0 Å². The molecule has 0 bridgehead atoms. The SMILES string of the molecule is Cn1cnc(S(=O)(=O)N2CC(c3nncn3C3CC3)C3(CCCC3)C2)c1. The van der Waals surface area contributed by atoms with Crippen LogP contribution in [0.5, 0.6) is 0 Å². The zero-order valence-corrected chi connectivity index (χ0v) is 15.8. The van der Waals surface area contributed by atoms with E-state index < -0.39 is 10.0 Å². The topological polar surface area (TPSA) is 85.9 Å². The summed E-state index contributed by atoms with van der Waals surface area (Å²) < 4.78 is 31.8. The predicted molar refractivity (Wildman–Crippen MR) is 93.9 cm³/mol. The van der Waals surface area contributed by atoms with E-state index in [4.69, 9.17) is 0 Å². The van der Waals surface area contributed by atoms with Crippen LogP contribution in [0.2, 0.25) is 0 Å². The Morgan fingerprint density at radius 3 is 2.62 bits per heavy atom. The molecule has 1 spiro atoms. The lowest BCUT2D eigenvalue weighted by Gasteiger charge is -2.29. The summed E-state index contributed by atoms with van der Waals surface area (Å²) in [5.41, 5.74) is -0.0124. The number of hydrogen-bond donors (Lipinski definition) is 0. The second-order valence-corrected chi connectivity index (χ2v) is 10.0. The van der Waals surface area contributed by atoms with Gasteiger partial charge in [-0.25, -0.2) is 13.4 Å². The molecule has 2 saturated carbocycles. The third-order valence-electron chi connectivity index (χ3n) is 6.35. The van der Waals surface area contributed by atoms with Crippen molar-refractivity contribution in [2.24, 2.45) is 12.5 Å². The Morgan fingerprint density at radius 2 is 1.96 bits per heavy atom. The molecule has 3 aliphatic rings. The van der Waals surface area contributed by atoms with E-state index in [0.29, 0.717) is 19.1 Å². The average molecular weight is 376 g/mol. The second-order valence-electron chi connectivity index (χ2n) is 8.12. The molecule has 140 valence electrons. The van der Waals surface area contributed by atoms with Gasteiger partial charge in [-0.05, 0) is 31.1 Å². The molecule has 8 nitrogen and oxygen atoms in total. The van der Waals surface area contributed by atoms with Crippen LogP contribution in [-0.2, 0) is 17.1 Å². The fraction of sp³-hybridized carbons (Fsp3) is 0.706. The molecule has 0 N–H and O–H groups in total. The summed E-state index contributed by atoms with van der Waals surface area (Å²) in [4.78, 5) is 4.09. The van der Waals surface area contributed by atoms with Crippen LogP contribution >= 0.6 is 0 Å². The minimum absolute atomic E-state index is 0.0124. The fourth-order valence-electron chi connectivity index (χ4n) is 4.84. The molecular formula is C17H24N6O2S. The summed E-state index contributed by atoms with van der Waals surface area (Å²) in [7, 11) is -1.79. The third kappa shape index (κ3) is 2.44. The van der Waals surface area contributed by atoms with Crippen molar-refractivity contribution in [2.45, 2.75) is 55.5 Å². The molecule has 5 rings (SSSR count). The van der Waals surface area contributed by atoms with Crippen LogP contribution in [0.4, 0.5) is 0 Å². The summed E-state index contributed by atoms with van der Waals surface area (Å²) in [6.45, 7) is 1.04. The number of aromatic nitrogens is 5. The number of hydrogen-bond acceptors (Lipinski definition) is 5. The van der Waals surface area contributed by atoms with Gasteiger partial charge in [0.15, 0.2) is 5.03 Å². The van der Waals surface area contributed by atoms with Crippen molar-refractivity contribution in [3.8, 4) is 0 Å². The van der Waals surface area contributed by atoms with E-state index in [1.807, 2.05) is 6.33 Å². The Labute approximate surface area is 153 Å². The van der Waals surface area contributed by atoms with Crippen molar-refractivity contribution in [1.82, 2.24) is 28.6 Å². The maximum absolute atomic E-state index is 13.1. The zero-order valence-electron chi connectivity index (χ0n) is 15.0. The summed E-state index contributed by atoms with van der Waals surface area (Å²) >= 11 is 0. The molecule has 3 fully saturated rings. The van der Waals surface area contributed by atoms with Gasteiger partial charge in [-0.2, -0.15) is 4.31 Å². The lowest BCUT2D eigenvalue weighted by atomic mass is 9.76. The van der Waals surface area contributed by atoms with Gasteiger partial charge in [-0.3, -0.25) is 0 Å². The molecule has 3 heterocycles. The molecule has 9 heteroatoms. The highest BCUT2D eigenvalue weighted by atomic mass is 32.2. The highest BCUT2D eigenvalue weighted by molar-refractivity contribution is 7.89. The largest absolute Gasteiger partial charge is 0.339 e.